The molecule has 2 aromatic rings. The number of rotatable bonds is 4. The van der Waals surface area contributed by atoms with Crippen LogP contribution in [0.4, 0.5) is 23.7 Å². The summed E-state index contributed by atoms with van der Waals surface area (Å²) in [6.45, 7) is 1.37. The topological polar surface area (TPSA) is 78.6 Å². The molecule has 0 bridgehead atoms. The number of amides is 2. The lowest BCUT2D eigenvalue weighted by atomic mass is 9.93. The number of nitrogens with two attached hydrogens (primary N) is 1. The van der Waals surface area contributed by atoms with Crippen molar-refractivity contribution in [2.75, 3.05) is 11.5 Å². The number of nitrogens with one attached hydrogen (secondary N) is 1. The van der Waals surface area contributed by atoms with E-state index < -0.39 is 35.2 Å². The first-order chi connectivity index (χ1) is 13.3. The van der Waals surface area contributed by atoms with Crippen molar-refractivity contribution in [3.8, 4) is 0 Å². The van der Waals surface area contributed by atoms with Crippen LogP contribution >= 0.6 is 0 Å². The first kappa shape index (κ1) is 19.5. The van der Waals surface area contributed by atoms with E-state index in [0.29, 0.717) is 21.6 Å². The Balaban J connectivity index is 2.07. The molecule has 28 heavy (non-hydrogen) atoms. The van der Waals surface area contributed by atoms with Crippen molar-refractivity contribution < 1.29 is 23.1 Å². The Morgan fingerprint density at radius 2 is 1.86 bits per heavy atom. The maximum Gasteiger partial charge on any atom is 0.325 e. The minimum atomic E-state index is -1.10. The molecule has 1 heterocycles. The Kier molecular flexibility index (Phi) is 5.41. The average Bonchev–Trinajstić information content (AvgIpc) is 2.64. The van der Waals surface area contributed by atoms with Gasteiger partial charge in [0.15, 0.2) is 0 Å². The van der Waals surface area contributed by atoms with Crippen LogP contribution in [0.15, 0.2) is 59.9 Å². The summed E-state index contributed by atoms with van der Waals surface area (Å²) in [5, 5.41) is 12.6. The lowest BCUT2D eigenvalue weighted by molar-refractivity contribution is 0.254. The van der Waals surface area contributed by atoms with Gasteiger partial charge in [-0.1, -0.05) is 18.2 Å². The van der Waals surface area contributed by atoms with E-state index >= 15 is 0 Å². The van der Waals surface area contributed by atoms with Gasteiger partial charge in [-0.05, 0) is 54.0 Å². The van der Waals surface area contributed by atoms with Crippen LogP contribution in [0.3, 0.4) is 0 Å². The van der Waals surface area contributed by atoms with Crippen LogP contribution in [0.2, 0.25) is 0 Å². The molecule has 146 valence electrons. The fourth-order valence-electron chi connectivity index (χ4n) is 3.15. The smallest absolute Gasteiger partial charge is 0.325 e. The zero-order valence-corrected chi connectivity index (χ0v) is 14.9. The Morgan fingerprint density at radius 3 is 2.43 bits per heavy atom. The summed E-state index contributed by atoms with van der Waals surface area (Å²) in [5.74, 6) is -2.34. The van der Waals surface area contributed by atoms with Crippen LogP contribution < -0.4 is 16.0 Å². The van der Waals surface area contributed by atoms with Crippen molar-refractivity contribution in [1.82, 2.24) is 5.32 Å². The van der Waals surface area contributed by atoms with Crippen LogP contribution in [-0.2, 0) is 0 Å². The molecule has 1 unspecified atom stereocenters. The van der Waals surface area contributed by atoms with Crippen molar-refractivity contribution in [1.29, 1.82) is 0 Å². The molecule has 3 rings (SSSR count). The third kappa shape index (κ3) is 3.59. The zero-order chi connectivity index (χ0) is 20.4. The number of carbonyl (C=O) groups is 1. The monoisotopic (exact) mass is 389 g/mol. The van der Waals surface area contributed by atoms with Crippen LogP contribution in [-0.4, -0.2) is 17.7 Å². The quantitative estimate of drug-likeness (QED) is 0.750. The molecule has 0 spiro atoms. The molecule has 4 N–H and O–H groups in total. The molecule has 0 saturated heterocycles. The van der Waals surface area contributed by atoms with E-state index in [4.69, 9.17) is 5.73 Å². The lowest BCUT2D eigenvalue weighted by Crippen LogP contribution is -2.44. The maximum atomic E-state index is 14.2. The number of benzene rings is 2. The number of halogens is 3. The van der Waals surface area contributed by atoms with Gasteiger partial charge in [0.05, 0.1) is 12.6 Å². The van der Waals surface area contributed by atoms with Gasteiger partial charge in [0.25, 0.3) is 0 Å². The summed E-state index contributed by atoms with van der Waals surface area (Å²) >= 11 is 0. The number of aliphatic hydroxyl groups excluding tert-OH is 1. The standard InChI is InChI=1S/C20H18F3N3O2/c1-11-9-13(21)6-7-14(11)18-12(10-27)5-8-17(25-18)26(20(24)28)19-15(22)3-2-4-16(19)23/h2-9,18,25,27H,10H2,1H3,(H2,24,28). The molecule has 5 nitrogen and oxygen atoms in total. The van der Waals surface area contributed by atoms with E-state index in [-0.39, 0.29) is 12.4 Å². The molecule has 0 aliphatic carbocycles. The zero-order valence-electron chi connectivity index (χ0n) is 14.9. The van der Waals surface area contributed by atoms with E-state index in [1.165, 1.54) is 36.4 Å². The lowest BCUT2D eigenvalue weighted by Gasteiger charge is -2.33. The number of carbonyl (C=O) groups excluding carboxylic acids is 1. The largest absolute Gasteiger partial charge is 0.392 e. The highest BCUT2D eigenvalue weighted by Crippen LogP contribution is 2.32. The molecular formula is C20H18F3N3O2. The minimum absolute atomic E-state index is 0.0161. The molecule has 2 aromatic carbocycles. The molecule has 1 aliphatic heterocycles. The Hall–Kier alpha value is -3.26. The highest BCUT2D eigenvalue weighted by atomic mass is 19.1. The molecule has 0 aromatic heterocycles. The normalized spacial score (nSPS) is 16.1. The van der Waals surface area contributed by atoms with E-state index in [1.807, 2.05) is 0 Å². The predicted molar refractivity (Wildman–Crippen MR) is 98.7 cm³/mol. The Morgan fingerprint density at radius 1 is 1.18 bits per heavy atom. The molecule has 0 fully saturated rings. The summed E-state index contributed by atoms with van der Waals surface area (Å²) in [4.78, 5) is 12.7. The molecule has 0 radical (unpaired) electrons. The highest BCUT2D eigenvalue weighted by molar-refractivity contribution is 5.94. The Bertz CT molecular complexity index is 968. The second-order valence-electron chi connectivity index (χ2n) is 6.27. The molecule has 8 heteroatoms. The number of hydrogen-bond donors (Lipinski definition) is 3. The number of allylic oxidation sites excluding steroid dienone is 2. The summed E-state index contributed by atoms with van der Waals surface area (Å²) in [6.07, 6.45) is 2.91. The van der Waals surface area contributed by atoms with Crippen LogP contribution in [0.5, 0.6) is 0 Å². The molecule has 1 atom stereocenters. The van der Waals surface area contributed by atoms with Crippen molar-refractivity contribution in [3.05, 3.63) is 88.5 Å². The number of primary amides is 1. The van der Waals surface area contributed by atoms with Gasteiger partial charge in [-0.15, -0.1) is 0 Å². The van der Waals surface area contributed by atoms with Gasteiger partial charge >= 0.3 is 6.03 Å². The number of hydrogen-bond acceptors (Lipinski definition) is 3. The average molecular weight is 389 g/mol. The third-order valence-corrected chi connectivity index (χ3v) is 4.47. The van der Waals surface area contributed by atoms with Gasteiger partial charge in [-0.25, -0.2) is 22.9 Å². The van der Waals surface area contributed by atoms with Gasteiger partial charge in [-0.3, -0.25) is 0 Å². The number of anilines is 1. The van der Waals surface area contributed by atoms with Gasteiger partial charge in [-0.2, -0.15) is 0 Å². The second-order valence-corrected chi connectivity index (χ2v) is 6.27. The fraction of sp³-hybridized carbons (Fsp3) is 0.150. The predicted octanol–water partition coefficient (Wildman–Crippen LogP) is 3.40. The van der Waals surface area contributed by atoms with Crippen LogP contribution in [0.1, 0.15) is 17.2 Å². The fourth-order valence-corrected chi connectivity index (χ4v) is 3.15. The van der Waals surface area contributed by atoms with Crippen molar-refractivity contribution in [2.24, 2.45) is 5.73 Å². The molecule has 1 aliphatic rings. The number of dihydropyridines is 1. The third-order valence-electron chi connectivity index (χ3n) is 4.47. The van der Waals surface area contributed by atoms with E-state index in [9.17, 15) is 23.1 Å². The van der Waals surface area contributed by atoms with Crippen molar-refractivity contribution >= 4 is 11.7 Å². The number of aliphatic hydroxyl groups is 1. The number of nitrogens with zero attached hydrogens (tertiary/aromatic N) is 1. The first-order valence-electron chi connectivity index (χ1n) is 8.41. The van der Waals surface area contributed by atoms with Crippen LogP contribution in [0.25, 0.3) is 0 Å². The van der Waals surface area contributed by atoms with Gasteiger partial charge < -0.3 is 16.2 Å². The SMILES string of the molecule is Cc1cc(F)ccc1C1NC(N(C(N)=O)c2c(F)cccc2F)=CC=C1CO. The van der Waals surface area contributed by atoms with Crippen molar-refractivity contribution in [2.45, 2.75) is 13.0 Å². The summed E-state index contributed by atoms with van der Waals surface area (Å²) in [7, 11) is 0. The Labute approximate surface area is 159 Å². The highest BCUT2D eigenvalue weighted by Gasteiger charge is 2.29. The van der Waals surface area contributed by atoms with E-state index in [2.05, 4.69) is 5.32 Å². The summed E-state index contributed by atoms with van der Waals surface area (Å²) < 4.78 is 42.0. The molecule has 0 saturated carbocycles. The minimum Gasteiger partial charge on any atom is -0.392 e. The number of para-hydroxylation sites is 1. The van der Waals surface area contributed by atoms with E-state index in [1.54, 1.807) is 6.92 Å². The van der Waals surface area contributed by atoms with Crippen LogP contribution in [0, 0.1) is 24.4 Å². The van der Waals surface area contributed by atoms with Gasteiger partial charge in [0, 0.05) is 0 Å². The summed E-state index contributed by atoms with van der Waals surface area (Å²) in [5.41, 5.74) is 6.52. The van der Waals surface area contributed by atoms with Crippen molar-refractivity contribution in [3.63, 3.8) is 0 Å². The van der Waals surface area contributed by atoms with Gasteiger partial charge in [0.2, 0.25) is 0 Å². The second kappa shape index (κ2) is 7.77. The molecule has 2 amide bonds. The molecular weight excluding hydrogens is 371 g/mol. The van der Waals surface area contributed by atoms with E-state index in [0.717, 1.165) is 12.1 Å². The number of aryl methyl sites for hydroxylation is 1. The number of urea groups is 1. The van der Waals surface area contributed by atoms with Gasteiger partial charge in [0.1, 0.15) is 29.0 Å². The first-order valence-corrected chi connectivity index (χ1v) is 8.41. The maximum absolute atomic E-state index is 14.2. The summed E-state index contributed by atoms with van der Waals surface area (Å²) in [6, 6.07) is 5.56.